The van der Waals surface area contributed by atoms with Crippen molar-refractivity contribution in [3.63, 3.8) is 0 Å². The van der Waals surface area contributed by atoms with Crippen molar-refractivity contribution in [1.82, 2.24) is 0 Å². The minimum absolute atomic E-state index is 0.0761. The van der Waals surface area contributed by atoms with Crippen molar-refractivity contribution in [3.8, 4) is 0 Å². The van der Waals surface area contributed by atoms with Crippen LogP contribution in [-0.4, -0.2) is 17.3 Å². The number of esters is 1. The van der Waals surface area contributed by atoms with Crippen LogP contribution in [0.2, 0.25) is 0 Å². The van der Waals surface area contributed by atoms with Gasteiger partial charge >= 0.3 is 5.97 Å². The molecule has 0 radical (unpaired) electrons. The van der Waals surface area contributed by atoms with Crippen LogP contribution >= 0.6 is 46.0 Å². The fourth-order valence-electron chi connectivity index (χ4n) is 2.88. The van der Waals surface area contributed by atoms with Crippen molar-refractivity contribution in [2.75, 3.05) is 6.61 Å². The molecular weight excluding hydrogens is 431 g/mol. The zero-order chi connectivity index (χ0) is 16.4. The molecule has 0 aliphatic carbocycles. The van der Waals surface area contributed by atoms with Gasteiger partial charge < -0.3 is 4.74 Å². The van der Waals surface area contributed by atoms with E-state index in [4.69, 9.17) is 16.3 Å². The van der Waals surface area contributed by atoms with E-state index in [0.717, 1.165) is 19.3 Å². The first kappa shape index (κ1) is 20.6. The minimum atomic E-state index is -0.0761. The molecule has 1 rings (SSSR count). The third kappa shape index (κ3) is 7.00. The van der Waals surface area contributed by atoms with E-state index in [-0.39, 0.29) is 16.1 Å². The van der Waals surface area contributed by atoms with Crippen molar-refractivity contribution >= 4 is 51.9 Å². The fraction of sp³-hybridized carbons (Fsp3) is 0.824. The second-order valence-electron chi connectivity index (χ2n) is 5.94. The number of unbranched alkanes of at least 4 members (excludes halogenated alkanes) is 4. The molecule has 0 spiro atoms. The molecule has 1 aliphatic heterocycles. The summed E-state index contributed by atoms with van der Waals surface area (Å²) in [5.41, 5.74) is 0.116. The highest BCUT2D eigenvalue weighted by molar-refractivity contribution is 14.1. The van der Waals surface area contributed by atoms with Crippen LogP contribution in [0.25, 0.3) is 0 Å². The fourth-order valence-corrected chi connectivity index (χ4v) is 6.32. The number of halogens is 2. The van der Waals surface area contributed by atoms with Gasteiger partial charge in [-0.3, -0.25) is 4.79 Å². The third-order valence-corrected chi connectivity index (χ3v) is 6.94. The number of hydrogen-bond donors (Lipinski definition) is 0. The van der Waals surface area contributed by atoms with Crippen LogP contribution in [0.5, 0.6) is 0 Å². The second-order valence-corrected chi connectivity index (χ2v) is 9.67. The molecule has 1 heterocycles. The minimum Gasteiger partial charge on any atom is -0.466 e. The van der Waals surface area contributed by atoms with Gasteiger partial charge in [-0.2, -0.15) is 0 Å². The number of alkyl halides is 1. The first-order valence-corrected chi connectivity index (χ1v) is 10.8. The van der Waals surface area contributed by atoms with Gasteiger partial charge in [-0.05, 0) is 48.8 Å². The SMILES string of the molecule is CCCCCCC1(CCCCC(=O)OCC)C=C(I)SC1Cl. The second kappa shape index (κ2) is 11.2. The van der Waals surface area contributed by atoms with E-state index in [1.54, 1.807) is 11.8 Å². The number of carbonyl (C=O) groups is 1. The summed E-state index contributed by atoms with van der Waals surface area (Å²) in [7, 11) is 0. The van der Waals surface area contributed by atoms with E-state index >= 15 is 0 Å². The van der Waals surface area contributed by atoms with E-state index < -0.39 is 0 Å². The first-order valence-electron chi connectivity index (χ1n) is 8.38. The maximum Gasteiger partial charge on any atom is 0.305 e. The molecular formula is C17H28ClIO2S. The van der Waals surface area contributed by atoms with E-state index in [0.29, 0.717) is 13.0 Å². The lowest BCUT2D eigenvalue weighted by atomic mass is 9.79. The predicted molar refractivity (Wildman–Crippen MR) is 106 cm³/mol. The Bertz CT molecular complexity index is 376. The van der Waals surface area contributed by atoms with Crippen LogP contribution in [0.1, 0.15) is 71.6 Å². The van der Waals surface area contributed by atoms with Gasteiger partial charge in [0.1, 0.15) is 0 Å². The standard InChI is InChI=1S/C17H28ClIO2S/c1-3-5-6-8-11-17(13-14(19)22-16(17)18)12-9-7-10-15(20)21-4-2/h13,16H,3-12H2,1-2H3. The van der Waals surface area contributed by atoms with Gasteiger partial charge in [0.15, 0.2) is 0 Å². The average Bonchev–Trinajstić information content (AvgIpc) is 2.75. The van der Waals surface area contributed by atoms with Crippen LogP contribution < -0.4 is 0 Å². The molecule has 0 aromatic heterocycles. The molecule has 128 valence electrons. The third-order valence-electron chi connectivity index (χ3n) is 4.14. The Morgan fingerprint density at radius 3 is 2.50 bits per heavy atom. The molecule has 0 amide bonds. The van der Waals surface area contributed by atoms with Gasteiger partial charge in [0, 0.05) is 14.7 Å². The molecule has 0 saturated carbocycles. The Kier molecular flexibility index (Phi) is 10.5. The molecule has 0 aromatic carbocycles. The Labute approximate surface area is 158 Å². The van der Waals surface area contributed by atoms with Crippen LogP contribution in [0, 0.1) is 5.41 Å². The maximum atomic E-state index is 11.4. The zero-order valence-corrected chi connectivity index (χ0v) is 17.4. The summed E-state index contributed by atoms with van der Waals surface area (Å²) in [6, 6.07) is 0. The number of rotatable bonds is 11. The lowest BCUT2D eigenvalue weighted by molar-refractivity contribution is -0.143. The van der Waals surface area contributed by atoms with Crippen LogP contribution in [0.4, 0.5) is 0 Å². The zero-order valence-electron chi connectivity index (χ0n) is 13.7. The monoisotopic (exact) mass is 458 g/mol. The summed E-state index contributed by atoms with van der Waals surface area (Å²) in [5.74, 6) is -0.0761. The number of carbonyl (C=O) groups excluding carboxylic acids is 1. The molecule has 0 fully saturated rings. The quantitative estimate of drug-likeness (QED) is 0.150. The van der Waals surface area contributed by atoms with E-state index in [1.807, 2.05) is 6.92 Å². The predicted octanol–water partition coefficient (Wildman–Crippen LogP) is 6.65. The van der Waals surface area contributed by atoms with Crippen LogP contribution in [-0.2, 0) is 9.53 Å². The van der Waals surface area contributed by atoms with Gasteiger partial charge in [-0.15, -0.1) is 11.6 Å². The molecule has 2 atom stereocenters. The van der Waals surface area contributed by atoms with Crippen molar-refractivity contribution < 1.29 is 9.53 Å². The van der Waals surface area contributed by atoms with Crippen molar-refractivity contribution in [1.29, 1.82) is 0 Å². The number of allylic oxidation sites excluding steroid dienone is 1. The summed E-state index contributed by atoms with van der Waals surface area (Å²) in [6.45, 7) is 4.56. The van der Waals surface area contributed by atoms with Gasteiger partial charge in [-0.1, -0.05) is 56.9 Å². The molecule has 0 bridgehead atoms. The Hall–Kier alpha value is 0.580. The van der Waals surface area contributed by atoms with Crippen molar-refractivity contribution in [2.24, 2.45) is 5.41 Å². The smallest absolute Gasteiger partial charge is 0.305 e. The summed E-state index contributed by atoms with van der Waals surface area (Å²) in [5, 5.41) is 0. The summed E-state index contributed by atoms with van der Waals surface area (Å²) >= 11 is 10.8. The van der Waals surface area contributed by atoms with Gasteiger partial charge in [-0.25, -0.2) is 0 Å². The topological polar surface area (TPSA) is 26.3 Å². The van der Waals surface area contributed by atoms with Gasteiger partial charge in [0.2, 0.25) is 0 Å². The van der Waals surface area contributed by atoms with Gasteiger partial charge in [0.25, 0.3) is 0 Å². The molecule has 0 saturated heterocycles. The average molecular weight is 459 g/mol. The first-order chi connectivity index (χ1) is 10.5. The van der Waals surface area contributed by atoms with Crippen LogP contribution in [0.15, 0.2) is 8.99 Å². The van der Waals surface area contributed by atoms with E-state index in [1.165, 1.54) is 35.0 Å². The normalized spacial score (nSPS) is 24.4. The van der Waals surface area contributed by atoms with Crippen molar-refractivity contribution in [3.05, 3.63) is 8.99 Å². The Balaban J connectivity index is 2.44. The molecule has 0 aromatic rings. The lowest BCUT2D eigenvalue weighted by Gasteiger charge is -2.30. The number of hydrogen-bond acceptors (Lipinski definition) is 3. The molecule has 0 N–H and O–H groups in total. The highest BCUT2D eigenvalue weighted by atomic mass is 127. The molecule has 5 heteroatoms. The van der Waals surface area contributed by atoms with Crippen LogP contribution in [0.3, 0.4) is 0 Å². The highest BCUT2D eigenvalue weighted by Crippen LogP contribution is 2.54. The van der Waals surface area contributed by atoms with Gasteiger partial charge in [0.05, 0.1) is 11.3 Å². The highest BCUT2D eigenvalue weighted by Gasteiger charge is 2.40. The molecule has 2 unspecified atom stereocenters. The van der Waals surface area contributed by atoms with E-state index in [2.05, 4.69) is 35.6 Å². The Morgan fingerprint density at radius 1 is 1.27 bits per heavy atom. The summed E-state index contributed by atoms with van der Waals surface area (Å²) in [6.07, 6.45) is 12.2. The molecule has 1 aliphatic rings. The summed E-state index contributed by atoms with van der Waals surface area (Å²) < 4.78 is 6.45. The lowest BCUT2D eigenvalue weighted by Crippen LogP contribution is -2.24. The largest absolute Gasteiger partial charge is 0.466 e. The maximum absolute atomic E-state index is 11.4. The van der Waals surface area contributed by atoms with Crippen molar-refractivity contribution in [2.45, 2.75) is 76.3 Å². The summed E-state index contributed by atoms with van der Waals surface area (Å²) in [4.78, 5) is 11.4. The molecule has 22 heavy (non-hydrogen) atoms. The number of ether oxygens (including phenoxy) is 1. The Morgan fingerprint density at radius 2 is 1.95 bits per heavy atom. The van der Waals surface area contributed by atoms with E-state index in [9.17, 15) is 4.79 Å². The molecule has 2 nitrogen and oxygen atoms in total. The number of thioether (sulfide) groups is 1.